The van der Waals surface area contributed by atoms with Crippen LogP contribution in [0.25, 0.3) is 10.8 Å². The van der Waals surface area contributed by atoms with Crippen molar-refractivity contribution < 1.29 is 22.6 Å². The highest BCUT2D eigenvalue weighted by Crippen LogP contribution is 2.17. The van der Waals surface area contributed by atoms with Crippen molar-refractivity contribution in [3.63, 3.8) is 0 Å². The lowest BCUT2D eigenvalue weighted by Gasteiger charge is -2.16. The molecule has 2 aromatic rings. The predicted octanol–water partition coefficient (Wildman–Crippen LogP) is 0.761. The SMILES string of the molecule is CS(=O)(=O)CCC(NS(=O)c1ccc2ccccc2c1)C(=O)NO. The molecule has 0 bridgehead atoms. The van der Waals surface area contributed by atoms with Gasteiger partial charge in [0.2, 0.25) is 0 Å². The first-order valence-corrected chi connectivity index (χ1v) is 10.3. The van der Waals surface area contributed by atoms with Gasteiger partial charge in [0.05, 0.1) is 10.6 Å². The number of hydrogen-bond acceptors (Lipinski definition) is 5. The third-order valence-electron chi connectivity index (χ3n) is 3.39. The summed E-state index contributed by atoms with van der Waals surface area (Å²) in [5.74, 6) is -1.11. The second-order valence-electron chi connectivity index (χ2n) is 5.34. The van der Waals surface area contributed by atoms with Crippen molar-refractivity contribution in [1.29, 1.82) is 0 Å². The van der Waals surface area contributed by atoms with Crippen molar-refractivity contribution in [1.82, 2.24) is 10.2 Å². The zero-order valence-electron chi connectivity index (χ0n) is 12.9. The molecule has 0 radical (unpaired) electrons. The van der Waals surface area contributed by atoms with Gasteiger partial charge in [-0.2, -0.15) is 0 Å². The van der Waals surface area contributed by atoms with Gasteiger partial charge in [0.1, 0.15) is 26.9 Å². The van der Waals surface area contributed by atoms with Crippen LogP contribution in [-0.4, -0.2) is 41.8 Å². The van der Waals surface area contributed by atoms with Gasteiger partial charge in [0.25, 0.3) is 5.91 Å². The van der Waals surface area contributed by atoms with Crippen LogP contribution >= 0.6 is 0 Å². The molecule has 2 unspecified atom stereocenters. The fraction of sp³-hybridized carbons (Fsp3) is 0.267. The molecule has 0 heterocycles. The molecule has 0 saturated carbocycles. The van der Waals surface area contributed by atoms with Gasteiger partial charge >= 0.3 is 0 Å². The topological polar surface area (TPSA) is 113 Å². The maximum Gasteiger partial charge on any atom is 0.261 e. The third-order valence-corrected chi connectivity index (χ3v) is 5.55. The van der Waals surface area contributed by atoms with Crippen molar-refractivity contribution >= 4 is 37.5 Å². The van der Waals surface area contributed by atoms with Gasteiger partial charge in [0, 0.05) is 6.26 Å². The Hall–Kier alpha value is -1.81. The maximum absolute atomic E-state index is 12.4. The smallest absolute Gasteiger partial charge is 0.261 e. The minimum atomic E-state index is -3.29. The Morgan fingerprint density at radius 3 is 2.50 bits per heavy atom. The van der Waals surface area contributed by atoms with Gasteiger partial charge in [-0.25, -0.2) is 22.8 Å². The van der Waals surface area contributed by atoms with Gasteiger partial charge in [-0.3, -0.25) is 10.0 Å². The Balaban J connectivity index is 2.17. The van der Waals surface area contributed by atoms with Crippen LogP contribution in [0.2, 0.25) is 0 Å². The molecule has 7 nitrogen and oxygen atoms in total. The summed E-state index contributed by atoms with van der Waals surface area (Å²) in [5.41, 5.74) is 1.46. The monoisotopic (exact) mass is 370 g/mol. The molecular weight excluding hydrogens is 352 g/mol. The molecule has 0 saturated heterocycles. The second kappa shape index (κ2) is 7.84. The standard InChI is InChI=1S/C15H18N2O5S2/c1-24(21,22)9-8-14(15(18)16-19)17-23(20)13-7-6-11-4-2-3-5-12(11)10-13/h2-7,10,14,17,19H,8-9H2,1H3,(H,16,18). The van der Waals surface area contributed by atoms with E-state index in [9.17, 15) is 17.4 Å². The van der Waals surface area contributed by atoms with Crippen molar-refractivity contribution in [3.05, 3.63) is 42.5 Å². The van der Waals surface area contributed by atoms with E-state index < -0.39 is 32.8 Å². The molecule has 24 heavy (non-hydrogen) atoms. The van der Waals surface area contributed by atoms with Crippen LogP contribution in [0.15, 0.2) is 47.4 Å². The van der Waals surface area contributed by atoms with Crippen LogP contribution < -0.4 is 10.2 Å². The van der Waals surface area contributed by atoms with E-state index in [0.717, 1.165) is 17.0 Å². The summed E-state index contributed by atoms with van der Waals surface area (Å²) in [6.07, 6.45) is 0.936. The van der Waals surface area contributed by atoms with Crippen LogP contribution in [0, 0.1) is 0 Å². The van der Waals surface area contributed by atoms with Gasteiger partial charge in [-0.15, -0.1) is 0 Å². The van der Waals surface area contributed by atoms with E-state index in [2.05, 4.69) is 4.72 Å². The summed E-state index contributed by atoms with van der Waals surface area (Å²) in [6, 6.07) is 11.6. The van der Waals surface area contributed by atoms with Crippen LogP contribution in [0.3, 0.4) is 0 Å². The first-order chi connectivity index (χ1) is 11.3. The summed E-state index contributed by atoms with van der Waals surface area (Å²) in [6.45, 7) is 0. The fourth-order valence-electron chi connectivity index (χ4n) is 2.13. The van der Waals surface area contributed by atoms with E-state index in [4.69, 9.17) is 5.21 Å². The van der Waals surface area contributed by atoms with E-state index in [0.29, 0.717) is 4.90 Å². The third kappa shape index (κ3) is 5.10. The lowest BCUT2D eigenvalue weighted by molar-refractivity contribution is -0.130. The summed E-state index contributed by atoms with van der Waals surface area (Å²) in [7, 11) is -5.03. The Labute approximate surface area is 142 Å². The van der Waals surface area contributed by atoms with Gasteiger partial charge in [-0.05, 0) is 29.3 Å². The number of carbonyl (C=O) groups is 1. The van der Waals surface area contributed by atoms with E-state index in [1.807, 2.05) is 30.3 Å². The number of rotatable bonds is 7. The quantitative estimate of drug-likeness (QED) is 0.492. The second-order valence-corrected chi connectivity index (χ2v) is 8.85. The van der Waals surface area contributed by atoms with Crippen molar-refractivity contribution in [2.24, 2.45) is 0 Å². The number of nitrogens with one attached hydrogen (secondary N) is 2. The molecule has 0 aliphatic heterocycles. The van der Waals surface area contributed by atoms with Gasteiger partial charge in [-0.1, -0.05) is 30.3 Å². The number of amides is 1. The number of hydroxylamine groups is 1. The Bertz CT molecular complexity index is 867. The molecule has 130 valence electrons. The molecule has 0 aliphatic carbocycles. The Morgan fingerprint density at radius 2 is 1.88 bits per heavy atom. The van der Waals surface area contributed by atoms with E-state index >= 15 is 0 Å². The lowest BCUT2D eigenvalue weighted by Crippen LogP contribution is -2.44. The normalized spacial score (nSPS) is 14.2. The highest BCUT2D eigenvalue weighted by atomic mass is 32.2. The Kier molecular flexibility index (Phi) is 6.05. The molecule has 3 N–H and O–H groups in total. The van der Waals surface area contributed by atoms with E-state index in [-0.39, 0.29) is 12.2 Å². The van der Waals surface area contributed by atoms with Crippen LogP contribution in [0.5, 0.6) is 0 Å². The summed E-state index contributed by atoms with van der Waals surface area (Å²) < 4.78 is 37.5. The number of carbonyl (C=O) groups excluding carboxylic acids is 1. The highest BCUT2D eigenvalue weighted by molar-refractivity contribution is 7.90. The minimum absolute atomic E-state index is 0.107. The summed E-state index contributed by atoms with van der Waals surface area (Å²) in [5, 5.41) is 10.7. The van der Waals surface area contributed by atoms with Crippen LogP contribution in [0.4, 0.5) is 0 Å². The van der Waals surface area contributed by atoms with Crippen molar-refractivity contribution in [2.75, 3.05) is 12.0 Å². The number of sulfone groups is 1. The largest absolute Gasteiger partial charge is 0.289 e. The van der Waals surface area contributed by atoms with Gasteiger partial charge < -0.3 is 0 Å². The number of fused-ring (bicyclic) bond motifs is 1. The molecule has 0 spiro atoms. The summed E-state index contributed by atoms with van der Waals surface area (Å²) in [4.78, 5) is 12.1. The number of benzene rings is 2. The fourth-order valence-corrected chi connectivity index (χ4v) is 3.84. The van der Waals surface area contributed by atoms with Crippen LogP contribution in [-0.2, 0) is 25.6 Å². The predicted molar refractivity (Wildman–Crippen MR) is 91.5 cm³/mol. The molecule has 0 aromatic heterocycles. The molecule has 2 rings (SSSR count). The average Bonchev–Trinajstić information content (AvgIpc) is 2.56. The molecule has 0 fully saturated rings. The molecule has 2 aromatic carbocycles. The van der Waals surface area contributed by atoms with Gasteiger partial charge in [0.15, 0.2) is 0 Å². The molecule has 1 amide bonds. The average molecular weight is 370 g/mol. The molecule has 0 aliphatic rings. The Morgan fingerprint density at radius 1 is 1.21 bits per heavy atom. The lowest BCUT2D eigenvalue weighted by atomic mass is 10.1. The summed E-state index contributed by atoms with van der Waals surface area (Å²) >= 11 is 0. The molecule has 2 atom stereocenters. The minimum Gasteiger partial charge on any atom is -0.289 e. The van der Waals surface area contributed by atoms with E-state index in [1.54, 1.807) is 12.1 Å². The van der Waals surface area contributed by atoms with Crippen molar-refractivity contribution in [2.45, 2.75) is 17.4 Å². The first-order valence-electron chi connectivity index (χ1n) is 7.08. The van der Waals surface area contributed by atoms with Crippen LogP contribution in [0.1, 0.15) is 6.42 Å². The van der Waals surface area contributed by atoms with Crippen molar-refractivity contribution in [3.8, 4) is 0 Å². The zero-order valence-corrected chi connectivity index (χ0v) is 14.6. The highest BCUT2D eigenvalue weighted by Gasteiger charge is 2.22. The molecule has 9 heteroatoms. The maximum atomic E-state index is 12.4. The number of hydrogen-bond donors (Lipinski definition) is 3. The van der Waals surface area contributed by atoms with E-state index in [1.165, 1.54) is 5.48 Å². The first kappa shape index (κ1) is 18.5. The zero-order chi connectivity index (χ0) is 17.7. The molecular formula is C15H18N2O5S2.